The van der Waals surface area contributed by atoms with Crippen LogP contribution in [0.15, 0.2) is 0 Å². The number of rotatable bonds is 18. The highest BCUT2D eigenvalue weighted by molar-refractivity contribution is 7.45. The second kappa shape index (κ2) is 15.3. The molecule has 0 bridgehead atoms. The second-order valence-electron chi connectivity index (χ2n) is 8.64. The van der Waals surface area contributed by atoms with E-state index < -0.39 is 20.0 Å². The summed E-state index contributed by atoms with van der Waals surface area (Å²) >= 11 is 0. The highest BCUT2D eigenvalue weighted by Crippen LogP contribution is 2.38. The summed E-state index contributed by atoms with van der Waals surface area (Å²) in [6, 6.07) is -0.783. The lowest BCUT2D eigenvalue weighted by atomic mass is 10.0. The van der Waals surface area contributed by atoms with Crippen molar-refractivity contribution in [2.45, 2.75) is 83.8 Å². The topological polar surface area (TPSA) is 108 Å². The molecule has 3 unspecified atom stereocenters. The summed E-state index contributed by atoms with van der Waals surface area (Å²) in [5.74, 6) is -0.198. The van der Waals surface area contributed by atoms with Gasteiger partial charge >= 0.3 is 0 Å². The number of carbonyl (C=O) groups excluding carboxylic acids is 1. The van der Waals surface area contributed by atoms with Crippen LogP contribution >= 0.6 is 7.82 Å². The van der Waals surface area contributed by atoms with E-state index in [0.717, 1.165) is 44.9 Å². The zero-order valence-electron chi connectivity index (χ0n) is 19.0. The number of aliphatic hydroxyl groups excluding tert-OH is 1. The smallest absolute Gasteiger partial charge is 0.268 e. The number of amides is 1. The van der Waals surface area contributed by atoms with Crippen LogP contribution in [0.3, 0.4) is 0 Å². The molecule has 0 aromatic carbocycles. The molecule has 0 rings (SSSR count). The number of hydrogen-bond acceptors (Lipinski definition) is 6. The van der Waals surface area contributed by atoms with Crippen molar-refractivity contribution in [2.24, 2.45) is 0 Å². The van der Waals surface area contributed by atoms with Gasteiger partial charge in [0, 0.05) is 6.42 Å². The molecule has 29 heavy (non-hydrogen) atoms. The quantitative estimate of drug-likeness (QED) is 0.193. The van der Waals surface area contributed by atoms with Crippen LogP contribution in [0.2, 0.25) is 0 Å². The minimum atomic E-state index is -4.50. The van der Waals surface area contributed by atoms with Crippen LogP contribution in [0.5, 0.6) is 0 Å². The molecule has 1 amide bonds. The predicted octanol–water partition coefficient (Wildman–Crippen LogP) is 2.59. The van der Waals surface area contributed by atoms with E-state index in [2.05, 4.69) is 19.2 Å². The number of nitrogens with zero attached hydrogens (tertiary/aromatic N) is 1. The van der Waals surface area contributed by atoms with Gasteiger partial charge in [0.25, 0.3) is 7.82 Å². The third kappa shape index (κ3) is 16.9. The van der Waals surface area contributed by atoms with Gasteiger partial charge in [0.15, 0.2) is 0 Å². The fourth-order valence-corrected chi connectivity index (χ4v) is 3.40. The Morgan fingerprint density at radius 1 is 1.07 bits per heavy atom. The van der Waals surface area contributed by atoms with Crippen molar-refractivity contribution in [1.29, 1.82) is 0 Å². The molecule has 0 aliphatic heterocycles. The van der Waals surface area contributed by atoms with Gasteiger partial charge in [-0.2, -0.15) is 0 Å². The van der Waals surface area contributed by atoms with Gasteiger partial charge in [-0.1, -0.05) is 52.4 Å². The molecule has 3 atom stereocenters. The Bertz CT molecular complexity index is 484. The number of phosphoric ester groups is 1. The van der Waals surface area contributed by atoms with E-state index in [9.17, 15) is 19.4 Å². The number of nitrogens with one attached hydrogen (secondary N) is 1. The third-order valence-corrected chi connectivity index (χ3v) is 5.56. The average Bonchev–Trinajstić information content (AvgIpc) is 2.61. The van der Waals surface area contributed by atoms with Gasteiger partial charge < -0.3 is 28.8 Å². The number of likely N-dealkylation sites (N-methyl/N-ethyl adjacent to an activating group) is 1. The number of unbranched alkanes of at least 4 members (excludes halogenated alkanes) is 5. The lowest BCUT2D eigenvalue weighted by Gasteiger charge is -2.30. The summed E-state index contributed by atoms with van der Waals surface area (Å²) in [7, 11) is 1.29. The predicted molar refractivity (Wildman–Crippen MR) is 113 cm³/mol. The van der Waals surface area contributed by atoms with Crippen molar-refractivity contribution in [2.75, 3.05) is 40.9 Å². The number of hydrogen-bond donors (Lipinski definition) is 2. The zero-order valence-corrected chi connectivity index (χ0v) is 19.9. The third-order valence-electron chi connectivity index (χ3n) is 4.60. The van der Waals surface area contributed by atoms with E-state index in [4.69, 9.17) is 9.05 Å². The van der Waals surface area contributed by atoms with Gasteiger partial charge in [0.2, 0.25) is 5.91 Å². The molecule has 0 radical (unpaired) electrons. The molecule has 0 fully saturated rings. The average molecular weight is 439 g/mol. The maximum atomic E-state index is 12.2. The molecular weight excluding hydrogens is 395 g/mol. The summed E-state index contributed by atoms with van der Waals surface area (Å²) in [5.41, 5.74) is 0. The largest absolute Gasteiger partial charge is 0.756 e. The minimum Gasteiger partial charge on any atom is -0.756 e. The van der Waals surface area contributed by atoms with Gasteiger partial charge in [-0.15, -0.1) is 0 Å². The van der Waals surface area contributed by atoms with E-state index in [-0.39, 0.29) is 19.1 Å². The van der Waals surface area contributed by atoms with Crippen molar-refractivity contribution >= 4 is 13.7 Å². The summed E-state index contributed by atoms with van der Waals surface area (Å²) in [5, 5.41) is 13.2. The molecule has 0 aromatic heterocycles. The van der Waals surface area contributed by atoms with Crippen LogP contribution in [-0.4, -0.2) is 68.5 Å². The fraction of sp³-hybridized carbons (Fsp3) is 0.950. The van der Waals surface area contributed by atoms with E-state index in [1.165, 1.54) is 0 Å². The van der Waals surface area contributed by atoms with Crippen molar-refractivity contribution in [3.05, 3.63) is 0 Å². The van der Waals surface area contributed by atoms with Crippen LogP contribution in [0.1, 0.15) is 71.6 Å². The summed E-state index contributed by atoms with van der Waals surface area (Å²) in [6.07, 6.45) is 6.63. The molecule has 0 aromatic rings. The Morgan fingerprint density at radius 3 is 2.28 bits per heavy atom. The molecule has 174 valence electrons. The molecule has 9 heteroatoms. The lowest BCUT2D eigenvalue weighted by molar-refractivity contribution is -0.870. The molecule has 0 aliphatic rings. The molecular formula is C20H43N2O6P. The van der Waals surface area contributed by atoms with Gasteiger partial charge in [-0.25, -0.2) is 0 Å². The summed E-state index contributed by atoms with van der Waals surface area (Å²) in [4.78, 5) is 24.2. The number of phosphoric acid groups is 1. The van der Waals surface area contributed by atoms with Crippen LogP contribution < -0.4 is 10.2 Å². The first kappa shape index (κ1) is 28.5. The monoisotopic (exact) mass is 438 g/mol. The Kier molecular flexibility index (Phi) is 15.1. The molecule has 0 spiro atoms. The van der Waals surface area contributed by atoms with E-state index in [0.29, 0.717) is 23.9 Å². The lowest BCUT2D eigenvalue weighted by Crippen LogP contribution is -2.46. The molecule has 0 aliphatic carbocycles. The normalized spacial score (nSPS) is 16.2. The van der Waals surface area contributed by atoms with E-state index in [1.54, 1.807) is 0 Å². The second-order valence-corrected chi connectivity index (χ2v) is 10.0. The van der Waals surface area contributed by atoms with E-state index in [1.807, 2.05) is 21.1 Å². The number of quaternary nitrogens is 1. The van der Waals surface area contributed by atoms with Gasteiger partial charge in [-0.3, -0.25) is 9.36 Å². The van der Waals surface area contributed by atoms with Crippen LogP contribution in [0, 0.1) is 0 Å². The Labute approximate surface area is 177 Å². The summed E-state index contributed by atoms with van der Waals surface area (Å²) < 4.78 is 22.5. The van der Waals surface area contributed by atoms with Gasteiger partial charge in [0.1, 0.15) is 13.2 Å². The zero-order chi connectivity index (χ0) is 22.3. The Balaban J connectivity index is 4.66. The molecule has 2 N–H and O–H groups in total. The van der Waals surface area contributed by atoms with E-state index >= 15 is 0 Å². The SMILES string of the molecule is CCCCCCC(=O)NC(COP(=O)([O-])OCC[N+](C)(C)C)C(O)CCCCC. The van der Waals surface area contributed by atoms with Crippen LogP contribution in [-0.2, 0) is 18.4 Å². The van der Waals surface area contributed by atoms with Gasteiger partial charge in [-0.05, 0) is 12.8 Å². The highest BCUT2D eigenvalue weighted by Gasteiger charge is 2.24. The molecule has 0 saturated carbocycles. The molecule has 8 nitrogen and oxygen atoms in total. The van der Waals surface area contributed by atoms with Gasteiger partial charge in [0.05, 0.1) is 39.9 Å². The first-order valence-corrected chi connectivity index (χ1v) is 12.3. The maximum Gasteiger partial charge on any atom is 0.268 e. The van der Waals surface area contributed by atoms with Crippen LogP contribution in [0.4, 0.5) is 0 Å². The number of carbonyl (C=O) groups is 1. The van der Waals surface area contributed by atoms with Crippen molar-refractivity contribution < 1.29 is 32.9 Å². The number of aliphatic hydroxyl groups is 1. The first-order valence-electron chi connectivity index (χ1n) is 10.9. The van der Waals surface area contributed by atoms with Crippen LogP contribution in [0.25, 0.3) is 0 Å². The highest BCUT2D eigenvalue weighted by atomic mass is 31.2. The summed E-state index contributed by atoms with van der Waals surface area (Å²) in [6.45, 7) is 4.35. The molecule has 0 heterocycles. The first-order chi connectivity index (χ1) is 13.5. The standard InChI is InChI=1S/C20H43N2O6P/c1-6-8-10-12-14-20(24)21-18(19(23)13-11-9-7-2)17-28-29(25,26)27-16-15-22(3,4)5/h18-19,23H,6-17H2,1-5H3,(H-,21,24,25,26). The van der Waals surface area contributed by atoms with Crippen molar-refractivity contribution in [3.8, 4) is 0 Å². The fourth-order valence-electron chi connectivity index (χ4n) is 2.68. The Morgan fingerprint density at radius 2 is 1.69 bits per heavy atom. The van der Waals surface area contributed by atoms with Crippen molar-refractivity contribution in [3.63, 3.8) is 0 Å². The molecule has 0 saturated heterocycles. The Hall–Kier alpha value is -0.500. The van der Waals surface area contributed by atoms with Crippen molar-refractivity contribution in [1.82, 2.24) is 5.32 Å². The minimum absolute atomic E-state index is 0.0117. The maximum absolute atomic E-state index is 12.2.